The summed E-state index contributed by atoms with van der Waals surface area (Å²) in [7, 11) is 0. The second-order valence-corrected chi connectivity index (χ2v) is 6.79. The Labute approximate surface area is 173 Å². The lowest BCUT2D eigenvalue weighted by molar-refractivity contribution is 0.0854. The molecule has 5 nitrogen and oxygen atoms in total. The fraction of sp³-hybridized carbons (Fsp3) is 0.333. The molecule has 0 aliphatic rings. The summed E-state index contributed by atoms with van der Waals surface area (Å²) in [6, 6.07) is 15.4. The van der Waals surface area contributed by atoms with Gasteiger partial charge in [0.1, 0.15) is 36.9 Å². The first-order chi connectivity index (χ1) is 14.1. The summed E-state index contributed by atoms with van der Waals surface area (Å²) >= 11 is 0. The Balaban J connectivity index is 1.67. The molecule has 0 spiro atoms. The number of allylic oxidation sites excluding steroid dienone is 2. The number of benzene rings is 2. The molecule has 0 fully saturated rings. The molecule has 0 heterocycles. The highest BCUT2D eigenvalue weighted by molar-refractivity contribution is 5.35. The molecule has 5 heteroatoms. The van der Waals surface area contributed by atoms with Crippen LogP contribution in [-0.4, -0.2) is 48.7 Å². The number of nitrogens with one attached hydrogen (secondary N) is 1. The predicted octanol–water partition coefficient (Wildman–Crippen LogP) is 2.91. The molecule has 2 aromatic rings. The van der Waals surface area contributed by atoms with Crippen molar-refractivity contribution in [3.63, 3.8) is 0 Å². The zero-order chi connectivity index (χ0) is 20.9. The number of aliphatic hydroxyl groups excluding tert-OH is 2. The van der Waals surface area contributed by atoms with Gasteiger partial charge in [-0.1, -0.05) is 48.6 Å². The first kappa shape index (κ1) is 22.7. The summed E-state index contributed by atoms with van der Waals surface area (Å²) < 4.78 is 11.4. The van der Waals surface area contributed by atoms with Crippen LogP contribution >= 0.6 is 0 Å². The van der Waals surface area contributed by atoms with E-state index in [9.17, 15) is 10.2 Å². The largest absolute Gasteiger partial charge is 0.491 e. The van der Waals surface area contributed by atoms with E-state index in [-0.39, 0.29) is 13.2 Å². The minimum atomic E-state index is -0.687. The third-order valence-electron chi connectivity index (χ3n) is 4.30. The highest BCUT2D eigenvalue weighted by Gasteiger charge is 2.11. The Kier molecular flexibility index (Phi) is 10.00. The number of hydrogen-bond donors (Lipinski definition) is 3. The highest BCUT2D eigenvalue weighted by Crippen LogP contribution is 2.19. The topological polar surface area (TPSA) is 71.0 Å². The standard InChI is InChI=1S/C24H31NO4/c1-3-9-19-11-5-7-13-23(19)28-17-21(26)15-25-16-22(27)18-29-24-14-8-6-12-20(24)10-4-2/h3-8,11-14,21-22,25-27H,1-2,9-10,15-18H2. The molecule has 156 valence electrons. The summed E-state index contributed by atoms with van der Waals surface area (Å²) in [5.74, 6) is 1.50. The van der Waals surface area contributed by atoms with E-state index >= 15 is 0 Å². The number of aliphatic hydroxyl groups is 2. The van der Waals surface area contributed by atoms with Gasteiger partial charge in [-0.25, -0.2) is 0 Å². The van der Waals surface area contributed by atoms with E-state index in [2.05, 4.69) is 18.5 Å². The average Bonchev–Trinajstić information content (AvgIpc) is 2.73. The smallest absolute Gasteiger partial charge is 0.122 e. The number of ether oxygens (including phenoxy) is 2. The maximum absolute atomic E-state index is 10.1. The summed E-state index contributed by atoms with van der Waals surface area (Å²) in [5, 5.41) is 23.3. The van der Waals surface area contributed by atoms with Gasteiger partial charge in [0.2, 0.25) is 0 Å². The van der Waals surface area contributed by atoms with Gasteiger partial charge in [0.15, 0.2) is 0 Å². The van der Waals surface area contributed by atoms with Crippen LogP contribution in [0.4, 0.5) is 0 Å². The number of rotatable bonds is 14. The van der Waals surface area contributed by atoms with Crippen molar-refractivity contribution >= 4 is 0 Å². The zero-order valence-corrected chi connectivity index (χ0v) is 16.8. The molecule has 2 rings (SSSR count). The Morgan fingerprint density at radius 1 is 0.759 bits per heavy atom. The van der Waals surface area contributed by atoms with Gasteiger partial charge in [0.25, 0.3) is 0 Å². The average molecular weight is 398 g/mol. The van der Waals surface area contributed by atoms with Gasteiger partial charge in [-0.3, -0.25) is 0 Å². The summed E-state index contributed by atoms with van der Waals surface area (Å²) in [6.45, 7) is 8.45. The van der Waals surface area contributed by atoms with Gasteiger partial charge in [-0.2, -0.15) is 0 Å². The van der Waals surface area contributed by atoms with Gasteiger partial charge >= 0.3 is 0 Å². The van der Waals surface area contributed by atoms with Crippen LogP contribution in [0.1, 0.15) is 11.1 Å². The lowest BCUT2D eigenvalue weighted by atomic mass is 10.1. The van der Waals surface area contributed by atoms with Crippen molar-refractivity contribution < 1.29 is 19.7 Å². The van der Waals surface area contributed by atoms with Crippen molar-refractivity contribution in [2.75, 3.05) is 26.3 Å². The van der Waals surface area contributed by atoms with Crippen molar-refractivity contribution in [2.45, 2.75) is 25.0 Å². The Hall–Kier alpha value is -2.60. The Bertz CT molecular complexity index is 699. The highest BCUT2D eigenvalue weighted by atomic mass is 16.5. The fourth-order valence-electron chi connectivity index (χ4n) is 2.84. The van der Waals surface area contributed by atoms with Crippen LogP contribution in [0.5, 0.6) is 11.5 Å². The van der Waals surface area contributed by atoms with Crippen LogP contribution < -0.4 is 14.8 Å². The fourth-order valence-corrected chi connectivity index (χ4v) is 2.84. The van der Waals surface area contributed by atoms with Crippen LogP contribution in [-0.2, 0) is 12.8 Å². The van der Waals surface area contributed by atoms with Crippen LogP contribution in [0.15, 0.2) is 73.8 Å². The SMILES string of the molecule is C=CCc1ccccc1OCC(O)CNCC(O)COc1ccccc1CC=C. The van der Waals surface area contributed by atoms with E-state index in [4.69, 9.17) is 9.47 Å². The van der Waals surface area contributed by atoms with Gasteiger partial charge < -0.3 is 25.0 Å². The summed E-state index contributed by atoms with van der Waals surface area (Å²) in [5.41, 5.74) is 2.07. The molecule has 3 N–H and O–H groups in total. The second-order valence-electron chi connectivity index (χ2n) is 6.79. The summed E-state index contributed by atoms with van der Waals surface area (Å²) in [4.78, 5) is 0. The first-order valence-corrected chi connectivity index (χ1v) is 9.84. The van der Waals surface area contributed by atoms with E-state index in [0.29, 0.717) is 25.9 Å². The van der Waals surface area contributed by atoms with E-state index < -0.39 is 12.2 Å². The van der Waals surface area contributed by atoms with E-state index in [1.807, 2.05) is 60.7 Å². The molecule has 0 saturated heterocycles. The lowest BCUT2D eigenvalue weighted by Crippen LogP contribution is -2.37. The maximum atomic E-state index is 10.1. The molecule has 0 radical (unpaired) electrons. The normalized spacial score (nSPS) is 12.8. The predicted molar refractivity (Wildman–Crippen MR) is 117 cm³/mol. The number of hydrogen-bond acceptors (Lipinski definition) is 5. The molecule has 0 amide bonds. The molecular formula is C24H31NO4. The Morgan fingerprint density at radius 2 is 1.17 bits per heavy atom. The van der Waals surface area contributed by atoms with Crippen molar-refractivity contribution in [1.29, 1.82) is 0 Å². The first-order valence-electron chi connectivity index (χ1n) is 9.84. The molecule has 2 aromatic carbocycles. The molecule has 0 aliphatic carbocycles. The third kappa shape index (κ3) is 8.11. The Morgan fingerprint density at radius 3 is 1.59 bits per heavy atom. The summed E-state index contributed by atoms with van der Waals surface area (Å²) in [6.07, 6.45) is 3.69. The van der Waals surface area contributed by atoms with Crippen molar-refractivity contribution in [3.8, 4) is 11.5 Å². The molecule has 2 atom stereocenters. The van der Waals surface area contributed by atoms with Gasteiger partial charge in [-0.05, 0) is 36.1 Å². The van der Waals surface area contributed by atoms with Crippen molar-refractivity contribution in [2.24, 2.45) is 0 Å². The van der Waals surface area contributed by atoms with Gasteiger partial charge in [0.05, 0.1) is 0 Å². The quantitative estimate of drug-likeness (QED) is 0.428. The minimum Gasteiger partial charge on any atom is -0.491 e. The lowest BCUT2D eigenvalue weighted by Gasteiger charge is -2.17. The van der Waals surface area contributed by atoms with Crippen LogP contribution in [0, 0.1) is 0 Å². The molecule has 0 bridgehead atoms. The van der Waals surface area contributed by atoms with Crippen LogP contribution in [0.2, 0.25) is 0 Å². The van der Waals surface area contributed by atoms with Crippen LogP contribution in [0.3, 0.4) is 0 Å². The van der Waals surface area contributed by atoms with E-state index in [0.717, 1.165) is 22.6 Å². The monoisotopic (exact) mass is 397 g/mol. The van der Waals surface area contributed by atoms with E-state index in [1.54, 1.807) is 0 Å². The second kappa shape index (κ2) is 12.8. The van der Waals surface area contributed by atoms with E-state index in [1.165, 1.54) is 0 Å². The van der Waals surface area contributed by atoms with Gasteiger partial charge in [-0.15, -0.1) is 13.2 Å². The molecule has 0 saturated carbocycles. The number of para-hydroxylation sites is 2. The molecule has 0 aliphatic heterocycles. The van der Waals surface area contributed by atoms with Crippen molar-refractivity contribution in [3.05, 3.63) is 85.0 Å². The minimum absolute atomic E-state index is 0.169. The maximum Gasteiger partial charge on any atom is 0.122 e. The molecule has 0 aromatic heterocycles. The van der Waals surface area contributed by atoms with Gasteiger partial charge in [0, 0.05) is 13.1 Å². The van der Waals surface area contributed by atoms with Crippen LogP contribution in [0.25, 0.3) is 0 Å². The van der Waals surface area contributed by atoms with Crippen molar-refractivity contribution in [1.82, 2.24) is 5.32 Å². The molecular weight excluding hydrogens is 366 g/mol. The molecule has 29 heavy (non-hydrogen) atoms. The zero-order valence-electron chi connectivity index (χ0n) is 16.8. The molecule has 2 unspecified atom stereocenters. The third-order valence-corrected chi connectivity index (χ3v) is 4.30.